The van der Waals surface area contributed by atoms with Gasteiger partial charge in [-0.25, -0.2) is 9.97 Å². The summed E-state index contributed by atoms with van der Waals surface area (Å²) in [5.74, 6) is 0.705. The molecule has 0 aliphatic heterocycles. The number of rotatable bonds is 6. The minimum absolute atomic E-state index is 0.705. The summed E-state index contributed by atoms with van der Waals surface area (Å²) >= 11 is 0. The molecule has 0 aliphatic rings. The van der Waals surface area contributed by atoms with E-state index >= 15 is 0 Å². The molecule has 2 aromatic heterocycles. The van der Waals surface area contributed by atoms with Gasteiger partial charge in [-0.3, -0.25) is 4.98 Å². The highest BCUT2D eigenvalue weighted by molar-refractivity contribution is 6.00. The fraction of sp³-hybridized carbons (Fsp3) is 0. The van der Waals surface area contributed by atoms with Gasteiger partial charge in [-0.15, -0.1) is 0 Å². The Bertz CT molecular complexity index is 2550. The van der Waals surface area contributed by atoms with Crippen LogP contribution in [0.2, 0.25) is 0 Å². The second-order valence-electron chi connectivity index (χ2n) is 12.5. The molecule has 3 nitrogen and oxygen atoms in total. The van der Waals surface area contributed by atoms with Crippen LogP contribution in [0.25, 0.3) is 89.0 Å². The van der Waals surface area contributed by atoms with Crippen molar-refractivity contribution in [2.45, 2.75) is 0 Å². The van der Waals surface area contributed by atoms with Gasteiger partial charge >= 0.3 is 0 Å². The number of para-hydroxylation sites is 1. The average molecular weight is 638 g/mol. The first kappa shape index (κ1) is 29.4. The molecule has 0 unspecified atom stereocenters. The molecule has 0 N–H and O–H groups in total. The number of nitrogens with zero attached hydrogens (tertiary/aromatic N) is 3. The first-order valence-corrected chi connectivity index (χ1v) is 16.8. The van der Waals surface area contributed by atoms with Crippen LogP contribution >= 0.6 is 0 Å². The summed E-state index contributed by atoms with van der Waals surface area (Å²) in [7, 11) is 0. The molecule has 0 saturated carbocycles. The van der Waals surface area contributed by atoms with Gasteiger partial charge in [0, 0.05) is 33.8 Å². The molecule has 9 rings (SSSR count). The topological polar surface area (TPSA) is 38.7 Å². The predicted molar refractivity (Wildman–Crippen MR) is 207 cm³/mol. The number of fused-ring (bicyclic) bond motifs is 2. The lowest BCUT2D eigenvalue weighted by Gasteiger charge is -2.13. The highest BCUT2D eigenvalue weighted by Gasteiger charge is 2.13. The predicted octanol–water partition coefficient (Wildman–Crippen LogP) is 12.2. The molecular weight excluding hydrogens is 607 g/mol. The highest BCUT2D eigenvalue weighted by atomic mass is 14.9. The van der Waals surface area contributed by atoms with Crippen LogP contribution < -0.4 is 0 Å². The van der Waals surface area contributed by atoms with Crippen LogP contribution in [0.15, 0.2) is 188 Å². The third-order valence-corrected chi connectivity index (χ3v) is 9.34. The first-order valence-electron chi connectivity index (χ1n) is 16.8. The number of benzene rings is 7. The van der Waals surface area contributed by atoms with E-state index in [1.165, 1.54) is 27.5 Å². The van der Waals surface area contributed by atoms with E-state index < -0.39 is 0 Å². The molecule has 0 fully saturated rings. The van der Waals surface area contributed by atoms with E-state index in [4.69, 9.17) is 9.97 Å². The zero-order valence-electron chi connectivity index (χ0n) is 27.2. The van der Waals surface area contributed by atoms with Crippen molar-refractivity contribution in [3.8, 4) is 67.3 Å². The molecule has 0 aliphatic carbocycles. The zero-order chi connectivity index (χ0) is 33.3. The van der Waals surface area contributed by atoms with Crippen LogP contribution in [-0.2, 0) is 0 Å². The molecule has 0 amide bonds. The van der Waals surface area contributed by atoms with Gasteiger partial charge in [0.15, 0.2) is 5.82 Å². The Kier molecular flexibility index (Phi) is 7.49. The molecule has 234 valence electrons. The van der Waals surface area contributed by atoms with Crippen molar-refractivity contribution in [2.75, 3.05) is 0 Å². The number of hydrogen-bond acceptors (Lipinski definition) is 3. The molecular formula is C47H31N3. The van der Waals surface area contributed by atoms with E-state index in [-0.39, 0.29) is 0 Å². The molecule has 7 aromatic carbocycles. The summed E-state index contributed by atoms with van der Waals surface area (Å²) in [5.41, 5.74) is 12.9. The number of pyridine rings is 1. The minimum atomic E-state index is 0.705. The monoisotopic (exact) mass is 637 g/mol. The van der Waals surface area contributed by atoms with Gasteiger partial charge in [-0.05, 0) is 62.9 Å². The Morgan fingerprint density at radius 3 is 1.58 bits per heavy atom. The standard InChI is InChI=1S/C47H31N3/c1-3-11-35(12-4-1)44-31-45(36-13-5-2-6-14-36)50-47(49-44)38-26-24-34(25-27-38)43-30-40(29-39-15-7-8-18-41(39)43)32-20-22-33(23-21-32)42-19-9-16-37-17-10-28-48-46(37)42/h1-31H. The van der Waals surface area contributed by atoms with Crippen molar-refractivity contribution in [3.63, 3.8) is 0 Å². The fourth-order valence-corrected chi connectivity index (χ4v) is 6.78. The van der Waals surface area contributed by atoms with E-state index in [9.17, 15) is 0 Å². The second kappa shape index (κ2) is 12.7. The van der Waals surface area contributed by atoms with E-state index in [2.05, 4.69) is 145 Å². The number of aromatic nitrogens is 3. The largest absolute Gasteiger partial charge is 0.256 e. The van der Waals surface area contributed by atoms with Crippen molar-refractivity contribution in [3.05, 3.63) is 188 Å². The fourth-order valence-electron chi connectivity index (χ4n) is 6.78. The Balaban J connectivity index is 1.10. The van der Waals surface area contributed by atoms with Crippen LogP contribution in [0.5, 0.6) is 0 Å². The van der Waals surface area contributed by atoms with Crippen molar-refractivity contribution in [1.82, 2.24) is 15.0 Å². The van der Waals surface area contributed by atoms with Crippen molar-refractivity contribution in [1.29, 1.82) is 0 Å². The molecule has 0 saturated heterocycles. The summed E-state index contributed by atoms with van der Waals surface area (Å²) in [6.45, 7) is 0. The Labute approximate surface area is 291 Å². The van der Waals surface area contributed by atoms with Gasteiger partial charge in [0.05, 0.1) is 16.9 Å². The highest BCUT2D eigenvalue weighted by Crippen LogP contribution is 2.37. The van der Waals surface area contributed by atoms with E-state index in [0.717, 1.165) is 55.7 Å². The maximum absolute atomic E-state index is 5.04. The average Bonchev–Trinajstić information content (AvgIpc) is 3.21. The first-order chi connectivity index (χ1) is 24.8. The molecule has 9 aromatic rings. The van der Waals surface area contributed by atoms with Crippen LogP contribution in [0.1, 0.15) is 0 Å². The third kappa shape index (κ3) is 5.61. The van der Waals surface area contributed by atoms with Gasteiger partial charge < -0.3 is 0 Å². The Hall–Kier alpha value is -6.71. The van der Waals surface area contributed by atoms with Crippen LogP contribution in [0.3, 0.4) is 0 Å². The summed E-state index contributed by atoms with van der Waals surface area (Å²) in [5, 5.41) is 3.57. The lowest BCUT2D eigenvalue weighted by atomic mass is 9.92. The van der Waals surface area contributed by atoms with Crippen molar-refractivity contribution < 1.29 is 0 Å². The normalized spacial score (nSPS) is 11.2. The molecule has 0 bridgehead atoms. The number of hydrogen-bond donors (Lipinski definition) is 0. The van der Waals surface area contributed by atoms with E-state index in [1.54, 1.807) is 0 Å². The molecule has 2 heterocycles. The summed E-state index contributed by atoms with van der Waals surface area (Å²) in [6.07, 6.45) is 1.86. The van der Waals surface area contributed by atoms with E-state index in [1.807, 2.05) is 48.7 Å². The molecule has 3 heteroatoms. The third-order valence-electron chi connectivity index (χ3n) is 9.34. The van der Waals surface area contributed by atoms with Crippen molar-refractivity contribution >= 4 is 21.7 Å². The van der Waals surface area contributed by atoms with Gasteiger partial charge in [0.25, 0.3) is 0 Å². The van der Waals surface area contributed by atoms with E-state index in [0.29, 0.717) is 5.82 Å². The zero-order valence-corrected chi connectivity index (χ0v) is 27.2. The SMILES string of the molecule is c1ccc(-c2cc(-c3ccccc3)nc(-c3ccc(-c4cc(-c5ccc(-c6cccc7cccnc67)cc5)cc5ccccc45)cc3)n2)cc1. The molecule has 0 atom stereocenters. The van der Waals surface area contributed by atoms with Crippen molar-refractivity contribution in [2.24, 2.45) is 0 Å². The second-order valence-corrected chi connectivity index (χ2v) is 12.5. The summed E-state index contributed by atoms with van der Waals surface area (Å²) in [6, 6.07) is 63.9. The summed E-state index contributed by atoms with van der Waals surface area (Å²) < 4.78 is 0. The van der Waals surface area contributed by atoms with Crippen LogP contribution in [0, 0.1) is 0 Å². The molecule has 50 heavy (non-hydrogen) atoms. The van der Waals surface area contributed by atoms with Gasteiger partial charge in [-0.2, -0.15) is 0 Å². The smallest absolute Gasteiger partial charge is 0.160 e. The Morgan fingerprint density at radius 1 is 0.320 bits per heavy atom. The van der Waals surface area contributed by atoms with Gasteiger partial charge in [0.1, 0.15) is 0 Å². The lowest BCUT2D eigenvalue weighted by Crippen LogP contribution is -1.96. The quantitative estimate of drug-likeness (QED) is 0.182. The maximum atomic E-state index is 5.04. The molecule has 0 spiro atoms. The minimum Gasteiger partial charge on any atom is -0.256 e. The van der Waals surface area contributed by atoms with Gasteiger partial charge in [-0.1, -0.05) is 158 Å². The van der Waals surface area contributed by atoms with Crippen LogP contribution in [0.4, 0.5) is 0 Å². The summed E-state index contributed by atoms with van der Waals surface area (Å²) in [4.78, 5) is 14.7. The maximum Gasteiger partial charge on any atom is 0.160 e. The molecule has 0 radical (unpaired) electrons. The van der Waals surface area contributed by atoms with Crippen LogP contribution in [-0.4, -0.2) is 15.0 Å². The lowest BCUT2D eigenvalue weighted by molar-refractivity contribution is 1.18. The van der Waals surface area contributed by atoms with Gasteiger partial charge in [0.2, 0.25) is 0 Å². The Morgan fingerprint density at radius 2 is 0.880 bits per heavy atom.